The van der Waals surface area contributed by atoms with Crippen LogP contribution in [-0.4, -0.2) is 52.7 Å². The Morgan fingerprint density at radius 1 is 0.444 bits per heavy atom. The summed E-state index contributed by atoms with van der Waals surface area (Å²) in [6.45, 7) is 3.85. The molecule has 0 aromatic rings. The van der Waals surface area contributed by atoms with Crippen LogP contribution in [0.2, 0.25) is 0 Å². The van der Waals surface area contributed by atoms with Gasteiger partial charge in [0, 0.05) is 30.2 Å². The predicted octanol–water partition coefficient (Wildman–Crippen LogP) is 10.9. The quantitative estimate of drug-likeness (QED) is 0.318. The summed E-state index contributed by atoms with van der Waals surface area (Å²) in [5.41, 5.74) is 0. The Labute approximate surface area is 280 Å². The minimum absolute atomic E-state index is 0.654. The number of hydrogen-bond donors (Lipinski definition) is 1. The monoisotopic (exact) mass is 622 g/mol. The standard InChI is InChI=1S/C42H75N3/c1-32-14-5-4-12-31-43-42(44(32)37-17-6-2-7-18-37)36-25-23-33(24-26-36)34-27-29-39(30-28-34)45(38-19-8-3-9-20-38)41-22-13-16-35-15-10-11-21-40(35)41/h32-43H,2-31H2,1H3. The molecular formula is C42H75N3. The second-order valence-corrected chi connectivity index (χ2v) is 18.0. The molecular weight excluding hydrogens is 546 g/mol. The van der Waals surface area contributed by atoms with E-state index in [1.165, 1.54) is 161 Å². The topological polar surface area (TPSA) is 18.5 Å². The van der Waals surface area contributed by atoms with Crippen molar-refractivity contribution in [2.75, 3.05) is 6.54 Å². The third-order valence-electron chi connectivity index (χ3n) is 15.5. The van der Waals surface area contributed by atoms with Gasteiger partial charge in [0.05, 0.1) is 6.17 Å². The van der Waals surface area contributed by atoms with Crippen molar-refractivity contribution in [3.8, 4) is 0 Å². The first-order chi connectivity index (χ1) is 22.3. The van der Waals surface area contributed by atoms with E-state index in [0.29, 0.717) is 6.17 Å². The number of nitrogens with zero attached hydrogens (tertiary/aromatic N) is 2. The highest BCUT2D eigenvalue weighted by Crippen LogP contribution is 2.48. The lowest BCUT2D eigenvalue weighted by Gasteiger charge is -2.54. The molecule has 5 unspecified atom stereocenters. The Hall–Kier alpha value is -0.120. The molecule has 1 N–H and O–H groups in total. The molecule has 1 aliphatic heterocycles. The van der Waals surface area contributed by atoms with Gasteiger partial charge in [0.1, 0.15) is 0 Å². The van der Waals surface area contributed by atoms with Crippen LogP contribution in [0.3, 0.4) is 0 Å². The number of rotatable bonds is 6. The summed E-state index contributed by atoms with van der Waals surface area (Å²) in [5.74, 6) is 5.07. The van der Waals surface area contributed by atoms with Gasteiger partial charge in [-0.15, -0.1) is 0 Å². The predicted molar refractivity (Wildman–Crippen MR) is 191 cm³/mol. The van der Waals surface area contributed by atoms with E-state index in [0.717, 1.165) is 59.8 Å². The molecule has 3 heteroatoms. The van der Waals surface area contributed by atoms with Crippen molar-refractivity contribution in [1.82, 2.24) is 15.1 Å². The van der Waals surface area contributed by atoms with Crippen molar-refractivity contribution in [2.24, 2.45) is 29.6 Å². The molecule has 0 radical (unpaired) electrons. The molecule has 0 aromatic carbocycles. The molecule has 3 nitrogen and oxygen atoms in total. The van der Waals surface area contributed by atoms with E-state index < -0.39 is 0 Å². The Balaban J connectivity index is 0.966. The zero-order valence-corrected chi connectivity index (χ0v) is 30.0. The maximum atomic E-state index is 4.22. The molecule has 1 saturated heterocycles. The fourth-order valence-electron chi connectivity index (χ4n) is 13.2. The largest absolute Gasteiger partial charge is 0.301 e. The van der Waals surface area contributed by atoms with Crippen molar-refractivity contribution < 1.29 is 0 Å². The second kappa shape index (κ2) is 16.5. The molecule has 0 amide bonds. The zero-order chi connectivity index (χ0) is 30.4. The van der Waals surface area contributed by atoms with Gasteiger partial charge < -0.3 is 5.32 Å². The van der Waals surface area contributed by atoms with Gasteiger partial charge in [-0.25, -0.2) is 0 Å². The van der Waals surface area contributed by atoms with E-state index in [-0.39, 0.29) is 0 Å². The van der Waals surface area contributed by atoms with Gasteiger partial charge in [0.2, 0.25) is 0 Å². The summed E-state index contributed by atoms with van der Waals surface area (Å²) in [7, 11) is 0. The van der Waals surface area contributed by atoms with Crippen LogP contribution in [0, 0.1) is 29.6 Å². The van der Waals surface area contributed by atoms with Gasteiger partial charge in [-0.2, -0.15) is 0 Å². The number of nitrogens with one attached hydrogen (secondary N) is 1. The first kappa shape index (κ1) is 33.4. The summed E-state index contributed by atoms with van der Waals surface area (Å²) in [4.78, 5) is 6.39. The summed E-state index contributed by atoms with van der Waals surface area (Å²) in [6, 6.07) is 4.39. The van der Waals surface area contributed by atoms with Gasteiger partial charge in [-0.1, -0.05) is 83.5 Å². The van der Waals surface area contributed by atoms with Gasteiger partial charge in [-0.05, 0) is 146 Å². The van der Waals surface area contributed by atoms with Gasteiger partial charge >= 0.3 is 0 Å². The Morgan fingerprint density at radius 3 is 1.76 bits per heavy atom. The van der Waals surface area contributed by atoms with Crippen LogP contribution < -0.4 is 5.32 Å². The molecule has 5 atom stereocenters. The van der Waals surface area contributed by atoms with Crippen LogP contribution in [0.25, 0.3) is 0 Å². The SMILES string of the molecule is CC1CCCCCNC(C2CCC(C3CCC(N(C4CCCCC4)C4CCCC5CCCCC54)CC3)CC2)N1C1CCCCC1. The lowest BCUT2D eigenvalue weighted by Crippen LogP contribution is -2.58. The molecule has 258 valence electrons. The molecule has 6 aliphatic carbocycles. The van der Waals surface area contributed by atoms with E-state index >= 15 is 0 Å². The fourth-order valence-corrected chi connectivity index (χ4v) is 13.2. The van der Waals surface area contributed by atoms with Gasteiger partial charge in [0.15, 0.2) is 0 Å². The van der Waals surface area contributed by atoms with Crippen LogP contribution >= 0.6 is 0 Å². The highest BCUT2D eigenvalue weighted by atomic mass is 15.3. The second-order valence-electron chi connectivity index (χ2n) is 18.0. The van der Waals surface area contributed by atoms with E-state index in [1.807, 2.05) is 0 Å². The normalized spacial score (nSPS) is 42.4. The maximum Gasteiger partial charge on any atom is 0.0630 e. The van der Waals surface area contributed by atoms with Crippen LogP contribution in [0.15, 0.2) is 0 Å². The van der Waals surface area contributed by atoms with Gasteiger partial charge in [0.25, 0.3) is 0 Å². The highest BCUT2D eigenvalue weighted by molar-refractivity contribution is 4.98. The smallest absolute Gasteiger partial charge is 0.0630 e. The average molecular weight is 622 g/mol. The van der Waals surface area contributed by atoms with Crippen molar-refractivity contribution in [2.45, 2.75) is 230 Å². The van der Waals surface area contributed by atoms with Crippen LogP contribution in [-0.2, 0) is 0 Å². The zero-order valence-electron chi connectivity index (χ0n) is 30.0. The summed E-state index contributed by atoms with van der Waals surface area (Å²) in [6.07, 6.45) is 44.2. The minimum Gasteiger partial charge on any atom is -0.301 e. The van der Waals surface area contributed by atoms with Crippen molar-refractivity contribution in [1.29, 1.82) is 0 Å². The lowest BCUT2D eigenvalue weighted by molar-refractivity contribution is -0.0404. The molecule has 7 aliphatic rings. The molecule has 6 saturated carbocycles. The molecule has 0 aromatic heterocycles. The van der Waals surface area contributed by atoms with Crippen molar-refractivity contribution in [3.63, 3.8) is 0 Å². The third kappa shape index (κ3) is 8.03. The van der Waals surface area contributed by atoms with E-state index in [2.05, 4.69) is 22.0 Å². The number of hydrogen-bond acceptors (Lipinski definition) is 3. The molecule has 45 heavy (non-hydrogen) atoms. The third-order valence-corrected chi connectivity index (χ3v) is 15.5. The van der Waals surface area contributed by atoms with E-state index in [9.17, 15) is 0 Å². The van der Waals surface area contributed by atoms with Crippen LogP contribution in [0.4, 0.5) is 0 Å². The molecule has 1 heterocycles. The molecule has 7 rings (SSSR count). The van der Waals surface area contributed by atoms with Crippen LogP contribution in [0.1, 0.15) is 193 Å². The highest BCUT2D eigenvalue weighted by Gasteiger charge is 2.44. The van der Waals surface area contributed by atoms with Crippen LogP contribution in [0.5, 0.6) is 0 Å². The van der Waals surface area contributed by atoms with Gasteiger partial charge in [-0.3, -0.25) is 9.80 Å². The van der Waals surface area contributed by atoms with Crippen molar-refractivity contribution >= 4 is 0 Å². The van der Waals surface area contributed by atoms with E-state index in [1.54, 1.807) is 32.1 Å². The summed E-state index contributed by atoms with van der Waals surface area (Å²) < 4.78 is 0. The summed E-state index contributed by atoms with van der Waals surface area (Å²) in [5, 5.41) is 4.22. The van der Waals surface area contributed by atoms with E-state index in [4.69, 9.17) is 0 Å². The Kier molecular flexibility index (Phi) is 12.3. The fraction of sp³-hybridized carbons (Fsp3) is 1.00. The molecule has 7 fully saturated rings. The first-order valence-electron chi connectivity index (χ1n) is 21.5. The molecule has 0 bridgehead atoms. The van der Waals surface area contributed by atoms with Crippen molar-refractivity contribution in [3.05, 3.63) is 0 Å². The average Bonchev–Trinajstić information content (AvgIpc) is 3.20. The first-order valence-corrected chi connectivity index (χ1v) is 21.5. The lowest BCUT2D eigenvalue weighted by atomic mass is 9.66. The Bertz CT molecular complexity index is 844. The summed E-state index contributed by atoms with van der Waals surface area (Å²) >= 11 is 0. The maximum absolute atomic E-state index is 4.22. The minimum atomic E-state index is 0.654. The molecule has 0 spiro atoms. The number of fused-ring (bicyclic) bond motifs is 1. The Morgan fingerprint density at radius 2 is 1.00 bits per heavy atom.